The highest BCUT2D eigenvalue weighted by molar-refractivity contribution is 5.99. The molecule has 5 amide bonds. The lowest BCUT2D eigenvalue weighted by Crippen LogP contribution is -2.56. The summed E-state index contributed by atoms with van der Waals surface area (Å²) in [6.07, 6.45) is 1.03. The van der Waals surface area contributed by atoms with Gasteiger partial charge in [-0.25, -0.2) is 9.69 Å². The first-order valence-corrected chi connectivity index (χ1v) is 17.2. The number of unbranched alkanes of at least 4 members (excludes halogenated alkanes) is 1. The lowest BCUT2D eigenvalue weighted by Gasteiger charge is -2.29. The zero-order chi connectivity index (χ0) is 37.2. The zero-order valence-electron chi connectivity index (χ0n) is 29.8. The van der Waals surface area contributed by atoms with Crippen molar-refractivity contribution in [3.8, 4) is 0 Å². The number of amides is 5. The summed E-state index contributed by atoms with van der Waals surface area (Å²) in [5, 5.41) is 27.8. The number of aliphatic hydroxyl groups excluding tert-OH is 2. The molecule has 0 radical (unpaired) electrons. The first kappa shape index (κ1) is 41.8. The van der Waals surface area contributed by atoms with Crippen LogP contribution in [0.25, 0.3) is 0 Å². The van der Waals surface area contributed by atoms with E-state index in [4.69, 9.17) is 10.5 Å². The number of carbonyl (C=O) groups excluding carboxylic acids is 5. The van der Waals surface area contributed by atoms with Gasteiger partial charge in [-0.05, 0) is 50.2 Å². The third-order valence-corrected chi connectivity index (χ3v) is 8.46. The molecule has 0 aliphatic rings. The SMILES string of the molecule is CC(C)C(CO)NC(=O)C(NC(=O)CCCC[C@@H](Cc1ccccc1)NC(=O)[C@H](C)N(C(=O)OCc1ccccc1)C(=O)[C@H](C)N)C(C)CO. The molecule has 0 saturated carbocycles. The number of nitrogens with zero attached hydrogens (tertiary/aromatic N) is 1. The molecule has 3 unspecified atom stereocenters. The Morgan fingerprint density at radius 3 is 1.92 bits per heavy atom. The first-order valence-electron chi connectivity index (χ1n) is 17.2. The van der Waals surface area contributed by atoms with Crippen LogP contribution in [-0.2, 0) is 36.9 Å². The van der Waals surface area contributed by atoms with Crippen LogP contribution in [0.5, 0.6) is 0 Å². The van der Waals surface area contributed by atoms with Crippen LogP contribution in [0.2, 0.25) is 0 Å². The molecule has 7 N–H and O–H groups in total. The number of hydrogen-bond donors (Lipinski definition) is 6. The van der Waals surface area contributed by atoms with E-state index >= 15 is 0 Å². The van der Waals surface area contributed by atoms with Gasteiger partial charge in [0.05, 0.1) is 18.7 Å². The third kappa shape index (κ3) is 13.9. The Kier molecular flexibility index (Phi) is 18.2. The van der Waals surface area contributed by atoms with E-state index in [-0.39, 0.29) is 38.1 Å². The Balaban J connectivity index is 2.08. The van der Waals surface area contributed by atoms with Crippen molar-refractivity contribution in [3.63, 3.8) is 0 Å². The summed E-state index contributed by atoms with van der Waals surface area (Å²) in [7, 11) is 0. The predicted molar refractivity (Wildman–Crippen MR) is 189 cm³/mol. The normalized spacial score (nSPS) is 14.7. The van der Waals surface area contributed by atoms with Gasteiger partial charge in [0.25, 0.3) is 0 Å². The highest BCUT2D eigenvalue weighted by Crippen LogP contribution is 2.14. The van der Waals surface area contributed by atoms with Gasteiger partial charge in [0.15, 0.2) is 0 Å². The molecule has 6 atom stereocenters. The molecule has 50 heavy (non-hydrogen) atoms. The molecule has 13 nitrogen and oxygen atoms in total. The summed E-state index contributed by atoms with van der Waals surface area (Å²) < 4.78 is 5.38. The highest BCUT2D eigenvalue weighted by Gasteiger charge is 2.35. The number of imide groups is 1. The van der Waals surface area contributed by atoms with Gasteiger partial charge < -0.3 is 36.6 Å². The Morgan fingerprint density at radius 2 is 1.38 bits per heavy atom. The molecular formula is C37H55N5O8. The average Bonchev–Trinajstić information content (AvgIpc) is 3.10. The summed E-state index contributed by atoms with van der Waals surface area (Å²) in [5.41, 5.74) is 7.51. The van der Waals surface area contributed by atoms with E-state index in [2.05, 4.69) is 16.0 Å². The van der Waals surface area contributed by atoms with E-state index in [1.807, 2.05) is 50.2 Å². The van der Waals surface area contributed by atoms with Crippen molar-refractivity contribution in [1.82, 2.24) is 20.9 Å². The fraction of sp³-hybridized carbons (Fsp3) is 0.541. The summed E-state index contributed by atoms with van der Waals surface area (Å²) >= 11 is 0. The lowest BCUT2D eigenvalue weighted by molar-refractivity contribution is -0.139. The number of rotatable bonds is 20. The zero-order valence-corrected chi connectivity index (χ0v) is 29.8. The number of hydrogen-bond acceptors (Lipinski definition) is 9. The second-order valence-corrected chi connectivity index (χ2v) is 13.1. The summed E-state index contributed by atoms with van der Waals surface area (Å²) in [4.78, 5) is 66.2. The molecule has 13 heteroatoms. The van der Waals surface area contributed by atoms with Crippen LogP contribution in [-0.4, -0.2) is 88.3 Å². The maximum absolute atomic E-state index is 13.6. The number of ether oxygens (including phenoxy) is 1. The second kappa shape index (κ2) is 21.7. The molecule has 276 valence electrons. The van der Waals surface area contributed by atoms with Crippen LogP contribution in [0, 0.1) is 11.8 Å². The van der Waals surface area contributed by atoms with Crippen molar-refractivity contribution in [2.24, 2.45) is 17.6 Å². The molecule has 0 saturated heterocycles. The van der Waals surface area contributed by atoms with Crippen molar-refractivity contribution in [3.05, 3.63) is 71.8 Å². The number of aliphatic hydroxyl groups is 2. The van der Waals surface area contributed by atoms with Crippen LogP contribution in [0.3, 0.4) is 0 Å². The van der Waals surface area contributed by atoms with Crippen LogP contribution in [0.1, 0.15) is 71.4 Å². The molecule has 2 rings (SSSR count). The quantitative estimate of drug-likeness (QED) is 0.112. The summed E-state index contributed by atoms with van der Waals surface area (Å²) in [5.74, 6) is -2.75. The van der Waals surface area contributed by atoms with Gasteiger partial charge in [-0.2, -0.15) is 0 Å². The van der Waals surface area contributed by atoms with Crippen LogP contribution < -0.4 is 21.7 Å². The minimum absolute atomic E-state index is 0.0294. The van der Waals surface area contributed by atoms with Crippen molar-refractivity contribution < 1.29 is 38.9 Å². The lowest BCUT2D eigenvalue weighted by atomic mass is 9.98. The van der Waals surface area contributed by atoms with E-state index in [9.17, 15) is 34.2 Å². The molecule has 0 bridgehead atoms. The maximum Gasteiger partial charge on any atom is 0.417 e. The minimum Gasteiger partial charge on any atom is -0.444 e. The average molecular weight is 698 g/mol. The van der Waals surface area contributed by atoms with Crippen LogP contribution >= 0.6 is 0 Å². The summed E-state index contributed by atoms with van der Waals surface area (Å²) in [6.45, 7) is 7.56. The van der Waals surface area contributed by atoms with E-state index in [1.165, 1.54) is 13.8 Å². The molecule has 0 spiro atoms. The van der Waals surface area contributed by atoms with Crippen molar-refractivity contribution >= 4 is 29.7 Å². The number of carbonyl (C=O) groups is 5. The highest BCUT2D eigenvalue weighted by atomic mass is 16.6. The fourth-order valence-corrected chi connectivity index (χ4v) is 5.20. The predicted octanol–water partition coefficient (Wildman–Crippen LogP) is 2.42. The van der Waals surface area contributed by atoms with Crippen molar-refractivity contribution in [2.75, 3.05) is 13.2 Å². The van der Waals surface area contributed by atoms with Crippen LogP contribution in [0.15, 0.2) is 60.7 Å². The number of benzene rings is 2. The Morgan fingerprint density at radius 1 is 0.780 bits per heavy atom. The molecule has 0 heterocycles. The van der Waals surface area contributed by atoms with Gasteiger partial charge in [0.1, 0.15) is 18.7 Å². The Labute approximate surface area is 295 Å². The molecule has 0 aliphatic heterocycles. The fourth-order valence-electron chi connectivity index (χ4n) is 5.20. The van der Waals surface area contributed by atoms with Gasteiger partial charge in [-0.15, -0.1) is 0 Å². The van der Waals surface area contributed by atoms with Gasteiger partial charge in [0.2, 0.25) is 23.6 Å². The summed E-state index contributed by atoms with van der Waals surface area (Å²) in [6, 6.07) is 14.3. The molecule has 2 aromatic rings. The van der Waals surface area contributed by atoms with E-state index < -0.39 is 59.9 Å². The monoisotopic (exact) mass is 697 g/mol. The maximum atomic E-state index is 13.6. The van der Waals surface area contributed by atoms with E-state index in [0.29, 0.717) is 31.2 Å². The topological polar surface area (TPSA) is 200 Å². The van der Waals surface area contributed by atoms with Gasteiger partial charge in [-0.3, -0.25) is 19.2 Å². The first-order chi connectivity index (χ1) is 23.8. The molecule has 0 fully saturated rings. The molecule has 2 aromatic carbocycles. The van der Waals surface area contributed by atoms with Crippen molar-refractivity contribution in [1.29, 1.82) is 0 Å². The Hall–Kier alpha value is -4.33. The van der Waals surface area contributed by atoms with E-state index in [0.717, 1.165) is 10.5 Å². The largest absolute Gasteiger partial charge is 0.444 e. The van der Waals surface area contributed by atoms with Gasteiger partial charge in [0, 0.05) is 25.0 Å². The molecule has 0 aliphatic carbocycles. The van der Waals surface area contributed by atoms with E-state index in [1.54, 1.807) is 31.2 Å². The van der Waals surface area contributed by atoms with Crippen molar-refractivity contribution in [2.45, 2.75) is 104 Å². The van der Waals surface area contributed by atoms with Gasteiger partial charge in [-0.1, -0.05) is 87.9 Å². The molecule has 0 aromatic heterocycles. The third-order valence-electron chi connectivity index (χ3n) is 8.46. The number of nitrogens with one attached hydrogen (secondary N) is 3. The Bertz CT molecular complexity index is 1360. The van der Waals surface area contributed by atoms with Crippen LogP contribution in [0.4, 0.5) is 4.79 Å². The van der Waals surface area contributed by atoms with Gasteiger partial charge >= 0.3 is 6.09 Å². The second-order valence-electron chi connectivity index (χ2n) is 13.1. The molecular weight excluding hydrogens is 642 g/mol. The standard InChI is InChI=1S/C37H55N5O8/c1-24(2)31(22-44)40-35(47)33(25(3)21-43)41-32(45)19-13-12-18-30(20-28-14-8-6-9-15-28)39-34(46)27(5)42(36(48)26(4)38)37(49)50-23-29-16-10-7-11-17-29/h6-11,14-17,24-27,30-31,33,43-44H,12-13,18-23,38H2,1-5H3,(H,39,46)(H,40,47)(H,41,45)/t25?,26-,27-,30-,31?,33?/m0/s1. The smallest absolute Gasteiger partial charge is 0.417 e. The number of nitrogens with two attached hydrogens (primary N) is 1. The minimum atomic E-state index is -1.22.